The van der Waals surface area contributed by atoms with Crippen molar-refractivity contribution in [2.75, 3.05) is 11.9 Å². The highest BCUT2D eigenvalue weighted by molar-refractivity contribution is 6.00. The molecule has 1 amide bonds. The zero-order valence-electron chi connectivity index (χ0n) is 17.6. The van der Waals surface area contributed by atoms with Crippen LogP contribution in [0.3, 0.4) is 0 Å². The topological polar surface area (TPSA) is 81.1 Å². The van der Waals surface area contributed by atoms with E-state index in [9.17, 15) is 13.6 Å². The van der Waals surface area contributed by atoms with Gasteiger partial charge in [0, 0.05) is 31.6 Å². The summed E-state index contributed by atoms with van der Waals surface area (Å²) in [7, 11) is 0. The molecule has 0 atom stereocenters. The fourth-order valence-corrected chi connectivity index (χ4v) is 3.78. The summed E-state index contributed by atoms with van der Waals surface area (Å²) in [6, 6.07) is 13.2. The van der Waals surface area contributed by atoms with Gasteiger partial charge in [0.1, 0.15) is 17.4 Å². The summed E-state index contributed by atoms with van der Waals surface area (Å²) in [5, 5.41) is 14.7. The Morgan fingerprint density at radius 2 is 1.88 bits per heavy atom. The standard InChI is InChI=1S/C23H25F2N5O2/c24-23(25)32-17-11-9-16(10-12-17)27-19-7-4-3-6-18(19)22(31)26-14-13-21-29-28-20-8-2-1-5-15-30(20)21/h3-4,6-7,9-12,23,27H,1-2,5,8,13-15H2,(H,26,31). The number of nitrogens with one attached hydrogen (secondary N) is 2. The van der Waals surface area contributed by atoms with Crippen LogP contribution in [0, 0.1) is 0 Å². The Morgan fingerprint density at radius 1 is 1.06 bits per heavy atom. The van der Waals surface area contributed by atoms with Crippen LogP contribution in [-0.2, 0) is 19.4 Å². The minimum Gasteiger partial charge on any atom is -0.435 e. The SMILES string of the molecule is O=C(NCCc1nnc2n1CCCCC2)c1ccccc1Nc1ccc(OC(F)F)cc1. The number of benzene rings is 2. The lowest BCUT2D eigenvalue weighted by Crippen LogP contribution is -2.27. The molecule has 7 nitrogen and oxygen atoms in total. The summed E-state index contributed by atoms with van der Waals surface area (Å²) in [4.78, 5) is 12.8. The summed E-state index contributed by atoms with van der Waals surface area (Å²) in [6.07, 6.45) is 5.03. The average molecular weight is 441 g/mol. The maximum absolute atomic E-state index is 12.8. The highest BCUT2D eigenvalue weighted by atomic mass is 19.3. The third-order valence-electron chi connectivity index (χ3n) is 5.35. The van der Waals surface area contributed by atoms with Crippen LogP contribution in [0.15, 0.2) is 48.5 Å². The quantitative estimate of drug-likeness (QED) is 0.544. The van der Waals surface area contributed by atoms with E-state index in [2.05, 4.69) is 30.1 Å². The minimum atomic E-state index is -2.87. The Hall–Kier alpha value is -3.49. The molecule has 2 heterocycles. The van der Waals surface area contributed by atoms with Gasteiger partial charge in [0.05, 0.1) is 11.3 Å². The van der Waals surface area contributed by atoms with Crippen LogP contribution in [-0.4, -0.2) is 33.8 Å². The first kappa shape index (κ1) is 21.7. The van der Waals surface area contributed by atoms with Crippen molar-refractivity contribution in [3.05, 3.63) is 65.7 Å². The lowest BCUT2D eigenvalue weighted by atomic mass is 10.1. The van der Waals surface area contributed by atoms with E-state index in [-0.39, 0.29) is 11.7 Å². The predicted molar refractivity (Wildman–Crippen MR) is 116 cm³/mol. The van der Waals surface area contributed by atoms with Crippen molar-refractivity contribution in [2.24, 2.45) is 0 Å². The molecule has 0 fully saturated rings. The number of ether oxygens (including phenoxy) is 1. The van der Waals surface area contributed by atoms with Crippen LogP contribution in [0.1, 0.15) is 41.3 Å². The van der Waals surface area contributed by atoms with Crippen molar-refractivity contribution in [1.82, 2.24) is 20.1 Å². The van der Waals surface area contributed by atoms with E-state index in [1.807, 2.05) is 6.07 Å². The molecule has 2 aromatic carbocycles. The fourth-order valence-electron chi connectivity index (χ4n) is 3.78. The van der Waals surface area contributed by atoms with E-state index >= 15 is 0 Å². The number of para-hydroxylation sites is 1. The number of carbonyl (C=O) groups excluding carboxylic acids is 1. The van der Waals surface area contributed by atoms with E-state index in [0.29, 0.717) is 29.9 Å². The van der Waals surface area contributed by atoms with E-state index in [0.717, 1.165) is 37.5 Å². The molecule has 1 aliphatic rings. The molecule has 0 bridgehead atoms. The maximum atomic E-state index is 12.8. The van der Waals surface area contributed by atoms with E-state index in [4.69, 9.17) is 0 Å². The number of carbonyl (C=O) groups is 1. The Bertz CT molecular complexity index is 1050. The first-order chi connectivity index (χ1) is 15.6. The number of anilines is 2. The number of hydrogen-bond acceptors (Lipinski definition) is 5. The van der Waals surface area contributed by atoms with Crippen molar-refractivity contribution in [3.8, 4) is 5.75 Å². The van der Waals surface area contributed by atoms with Crippen molar-refractivity contribution < 1.29 is 18.3 Å². The molecular weight excluding hydrogens is 416 g/mol. The minimum absolute atomic E-state index is 0.0722. The Balaban J connectivity index is 1.37. The van der Waals surface area contributed by atoms with Crippen LogP contribution in [0.25, 0.3) is 0 Å². The molecule has 4 rings (SSSR count). The number of aromatic nitrogens is 3. The Labute approximate surface area is 184 Å². The van der Waals surface area contributed by atoms with Crippen LogP contribution in [0.2, 0.25) is 0 Å². The molecule has 0 radical (unpaired) electrons. The number of nitrogens with zero attached hydrogens (tertiary/aromatic N) is 3. The monoisotopic (exact) mass is 441 g/mol. The van der Waals surface area contributed by atoms with Gasteiger partial charge in [0.2, 0.25) is 0 Å². The van der Waals surface area contributed by atoms with Gasteiger partial charge in [-0.15, -0.1) is 10.2 Å². The molecule has 0 saturated carbocycles. The van der Waals surface area contributed by atoms with Gasteiger partial charge in [0.25, 0.3) is 5.91 Å². The molecule has 9 heteroatoms. The summed E-state index contributed by atoms with van der Waals surface area (Å²) < 4.78 is 31.2. The number of rotatable bonds is 8. The number of amides is 1. The molecule has 2 N–H and O–H groups in total. The third-order valence-corrected chi connectivity index (χ3v) is 5.35. The molecule has 0 saturated heterocycles. The second-order valence-corrected chi connectivity index (χ2v) is 7.57. The van der Waals surface area contributed by atoms with Gasteiger partial charge in [-0.3, -0.25) is 4.79 Å². The summed E-state index contributed by atoms with van der Waals surface area (Å²) in [5.41, 5.74) is 1.75. The highest BCUT2D eigenvalue weighted by Crippen LogP contribution is 2.24. The number of alkyl halides is 2. The van der Waals surface area contributed by atoms with Crippen molar-refractivity contribution >= 4 is 17.3 Å². The van der Waals surface area contributed by atoms with Crippen LogP contribution >= 0.6 is 0 Å². The molecule has 3 aromatic rings. The molecule has 0 spiro atoms. The van der Waals surface area contributed by atoms with E-state index < -0.39 is 6.61 Å². The van der Waals surface area contributed by atoms with Gasteiger partial charge in [-0.2, -0.15) is 8.78 Å². The van der Waals surface area contributed by atoms with E-state index in [1.165, 1.54) is 18.6 Å². The van der Waals surface area contributed by atoms with Crippen LogP contribution in [0.4, 0.5) is 20.2 Å². The molecule has 0 aliphatic carbocycles. The van der Waals surface area contributed by atoms with Crippen molar-refractivity contribution in [1.29, 1.82) is 0 Å². The number of fused-ring (bicyclic) bond motifs is 1. The first-order valence-corrected chi connectivity index (χ1v) is 10.7. The van der Waals surface area contributed by atoms with Crippen molar-refractivity contribution in [2.45, 2.75) is 45.3 Å². The average Bonchev–Trinajstić information content (AvgIpc) is 3.01. The largest absolute Gasteiger partial charge is 0.435 e. The second-order valence-electron chi connectivity index (χ2n) is 7.57. The smallest absolute Gasteiger partial charge is 0.387 e. The summed E-state index contributed by atoms with van der Waals surface area (Å²) >= 11 is 0. The van der Waals surface area contributed by atoms with Gasteiger partial charge in [-0.05, 0) is 49.2 Å². The van der Waals surface area contributed by atoms with Crippen LogP contribution < -0.4 is 15.4 Å². The third kappa shape index (κ3) is 5.40. The van der Waals surface area contributed by atoms with Gasteiger partial charge in [0.15, 0.2) is 0 Å². The van der Waals surface area contributed by atoms with Gasteiger partial charge >= 0.3 is 6.61 Å². The van der Waals surface area contributed by atoms with Crippen molar-refractivity contribution in [3.63, 3.8) is 0 Å². The molecular formula is C23H25F2N5O2. The normalized spacial score (nSPS) is 13.3. The van der Waals surface area contributed by atoms with Gasteiger partial charge < -0.3 is 19.9 Å². The Morgan fingerprint density at radius 3 is 2.69 bits per heavy atom. The van der Waals surface area contributed by atoms with Gasteiger partial charge in [-0.25, -0.2) is 0 Å². The second kappa shape index (κ2) is 10.2. The zero-order valence-corrected chi connectivity index (χ0v) is 17.6. The number of aryl methyl sites for hydroxylation is 1. The summed E-state index contributed by atoms with van der Waals surface area (Å²) in [6.45, 7) is -1.49. The molecule has 168 valence electrons. The molecule has 0 unspecified atom stereocenters. The first-order valence-electron chi connectivity index (χ1n) is 10.7. The number of halogens is 2. The highest BCUT2D eigenvalue weighted by Gasteiger charge is 2.16. The lowest BCUT2D eigenvalue weighted by Gasteiger charge is -2.13. The zero-order chi connectivity index (χ0) is 22.3. The van der Waals surface area contributed by atoms with Crippen LogP contribution in [0.5, 0.6) is 5.75 Å². The lowest BCUT2D eigenvalue weighted by molar-refractivity contribution is -0.0498. The Kier molecular flexibility index (Phi) is 6.94. The van der Waals surface area contributed by atoms with E-state index in [1.54, 1.807) is 30.3 Å². The maximum Gasteiger partial charge on any atom is 0.387 e. The molecule has 1 aromatic heterocycles. The predicted octanol–water partition coefficient (Wildman–Crippen LogP) is 4.32. The fraction of sp³-hybridized carbons (Fsp3) is 0.348. The molecule has 1 aliphatic heterocycles. The summed E-state index contributed by atoms with van der Waals surface area (Å²) in [5.74, 6) is 1.80. The molecule has 32 heavy (non-hydrogen) atoms. The van der Waals surface area contributed by atoms with Gasteiger partial charge in [-0.1, -0.05) is 18.6 Å². The number of hydrogen-bond donors (Lipinski definition) is 2.